The fourth-order valence-electron chi connectivity index (χ4n) is 2.38. The molecule has 0 radical (unpaired) electrons. The minimum Gasteiger partial charge on any atom is -0.389 e. The molecule has 0 bridgehead atoms. The number of nitrogens with one attached hydrogen (secondary N) is 1. The molecule has 2 heteroatoms. The van der Waals surface area contributed by atoms with Crippen molar-refractivity contribution >= 4 is 0 Å². The molecule has 2 N–H and O–H groups in total. The molecule has 98 valence electrons. The van der Waals surface area contributed by atoms with E-state index in [0.29, 0.717) is 0 Å². The molecule has 0 aliphatic heterocycles. The van der Waals surface area contributed by atoms with E-state index in [1.54, 1.807) is 0 Å². The first-order valence-electron chi connectivity index (χ1n) is 7.01. The van der Waals surface area contributed by atoms with Gasteiger partial charge in [0.2, 0.25) is 0 Å². The van der Waals surface area contributed by atoms with E-state index < -0.39 is 5.60 Å². The largest absolute Gasteiger partial charge is 0.389 e. The minimum absolute atomic E-state index is 0.477. The van der Waals surface area contributed by atoms with Gasteiger partial charge in [-0.1, -0.05) is 47.0 Å². The summed E-state index contributed by atoms with van der Waals surface area (Å²) >= 11 is 0. The number of aliphatic hydroxyl groups is 1. The maximum absolute atomic E-state index is 10.4. The molecule has 0 amide bonds. The zero-order valence-corrected chi connectivity index (χ0v) is 11.7. The molecule has 0 saturated carbocycles. The molecular weight excluding hydrogens is 198 g/mol. The van der Waals surface area contributed by atoms with Gasteiger partial charge in [-0.2, -0.15) is 0 Å². The summed E-state index contributed by atoms with van der Waals surface area (Å²) in [6.45, 7) is 10.6. The minimum atomic E-state index is -0.477. The van der Waals surface area contributed by atoms with Crippen LogP contribution in [-0.2, 0) is 0 Å². The average Bonchev–Trinajstić information content (AvgIpc) is 2.18. The van der Waals surface area contributed by atoms with Crippen LogP contribution in [-0.4, -0.2) is 23.8 Å². The Hall–Kier alpha value is -0.0800. The van der Waals surface area contributed by atoms with Gasteiger partial charge in [-0.25, -0.2) is 0 Å². The summed E-state index contributed by atoms with van der Waals surface area (Å²) in [5, 5.41) is 13.8. The molecule has 0 aliphatic rings. The Labute approximate surface area is 102 Å². The Morgan fingerprint density at radius 1 is 1.06 bits per heavy atom. The van der Waals surface area contributed by atoms with Crippen LogP contribution in [0.2, 0.25) is 0 Å². The van der Waals surface area contributed by atoms with Crippen molar-refractivity contribution in [2.45, 2.75) is 71.8 Å². The normalized spacial score (nSPS) is 14.1. The Morgan fingerprint density at radius 2 is 1.62 bits per heavy atom. The van der Waals surface area contributed by atoms with E-state index in [4.69, 9.17) is 0 Å². The highest BCUT2D eigenvalue weighted by molar-refractivity contribution is 4.80. The molecule has 0 aromatic carbocycles. The summed E-state index contributed by atoms with van der Waals surface area (Å²) in [7, 11) is 0. The smallest absolute Gasteiger partial charge is 0.0771 e. The molecule has 0 fully saturated rings. The maximum Gasteiger partial charge on any atom is 0.0771 e. The van der Waals surface area contributed by atoms with E-state index in [2.05, 4.69) is 33.0 Å². The Bertz CT molecular complexity index is 153. The summed E-state index contributed by atoms with van der Waals surface area (Å²) in [5.41, 5.74) is -0.477. The van der Waals surface area contributed by atoms with E-state index in [9.17, 15) is 5.11 Å². The number of rotatable bonds is 10. The van der Waals surface area contributed by atoms with Crippen LogP contribution in [0.25, 0.3) is 0 Å². The molecule has 16 heavy (non-hydrogen) atoms. The summed E-state index contributed by atoms with van der Waals surface area (Å²) in [4.78, 5) is 0. The quantitative estimate of drug-likeness (QED) is 0.602. The predicted octanol–water partition coefficient (Wildman–Crippen LogP) is 3.34. The molecule has 0 heterocycles. The number of hydrogen-bond donors (Lipinski definition) is 2. The zero-order valence-electron chi connectivity index (χ0n) is 11.7. The molecule has 1 atom stereocenters. The third-order valence-electron chi connectivity index (χ3n) is 3.16. The van der Waals surface area contributed by atoms with Crippen molar-refractivity contribution in [1.29, 1.82) is 0 Å². The van der Waals surface area contributed by atoms with Crippen LogP contribution in [0.4, 0.5) is 0 Å². The van der Waals surface area contributed by atoms with Gasteiger partial charge in [0.25, 0.3) is 0 Å². The highest BCUT2D eigenvalue weighted by atomic mass is 16.3. The second kappa shape index (κ2) is 9.00. The van der Waals surface area contributed by atoms with E-state index in [1.807, 2.05) is 0 Å². The predicted molar refractivity (Wildman–Crippen MR) is 71.7 cm³/mol. The average molecular weight is 229 g/mol. The third-order valence-corrected chi connectivity index (χ3v) is 3.16. The van der Waals surface area contributed by atoms with Gasteiger partial charge < -0.3 is 10.4 Å². The molecule has 2 nitrogen and oxygen atoms in total. The molecule has 0 saturated heterocycles. The van der Waals surface area contributed by atoms with Crippen molar-refractivity contribution in [2.75, 3.05) is 13.1 Å². The van der Waals surface area contributed by atoms with E-state index >= 15 is 0 Å². The van der Waals surface area contributed by atoms with Crippen LogP contribution in [0.1, 0.15) is 66.2 Å². The van der Waals surface area contributed by atoms with Gasteiger partial charge >= 0.3 is 0 Å². The standard InChI is InChI=1S/C14H31NO/c1-5-8-13(4)11-15-12-14(16,9-6-2)10-7-3/h13,15-16H,5-12H2,1-4H3. The maximum atomic E-state index is 10.4. The van der Waals surface area contributed by atoms with Crippen LogP contribution in [0.15, 0.2) is 0 Å². The molecule has 0 spiro atoms. The van der Waals surface area contributed by atoms with Crippen LogP contribution < -0.4 is 5.32 Å². The summed E-state index contributed by atoms with van der Waals surface area (Å²) in [6.07, 6.45) is 6.46. The molecule has 0 aromatic rings. The lowest BCUT2D eigenvalue weighted by atomic mass is 9.92. The van der Waals surface area contributed by atoms with E-state index in [-0.39, 0.29) is 0 Å². The van der Waals surface area contributed by atoms with Crippen molar-refractivity contribution in [1.82, 2.24) is 5.32 Å². The topological polar surface area (TPSA) is 32.3 Å². The fraction of sp³-hybridized carbons (Fsp3) is 1.00. The van der Waals surface area contributed by atoms with Gasteiger partial charge in [0.1, 0.15) is 0 Å². The summed E-state index contributed by atoms with van der Waals surface area (Å²) in [6, 6.07) is 0. The first-order valence-corrected chi connectivity index (χ1v) is 7.01. The lowest BCUT2D eigenvalue weighted by molar-refractivity contribution is 0.0211. The molecular formula is C14H31NO. The van der Waals surface area contributed by atoms with Gasteiger partial charge in [0, 0.05) is 6.54 Å². The van der Waals surface area contributed by atoms with Gasteiger partial charge in [-0.05, 0) is 31.7 Å². The molecule has 0 aromatic heterocycles. The van der Waals surface area contributed by atoms with Crippen LogP contribution in [0.3, 0.4) is 0 Å². The lowest BCUT2D eigenvalue weighted by Crippen LogP contribution is -2.41. The van der Waals surface area contributed by atoms with Crippen LogP contribution in [0, 0.1) is 5.92 Å². The Kier molecular flexibility index (Phi) is 8.96. The second-order valence-electron chi connectivity index (χ2n) is 5.25. The van der Waals surface area contributed by atoms with E-state index in [0.717, 1.165) is 44.7 Å². The van der Waals surface area contributed by atoms with Crippen molar-refractivity contribution < 1.29 is 5.11 Å². The van der Waals surface area contributed by atoms with Crippen LogP contribution in [0.5, 0.6) is 0 Å². The van der Waals surface area contributed by atoms with Crippen LogP contribution >= 0.6 is 0 Å². The molecule has 0 aliphatic carbocycles. The third kappa shape index (κ3) is 7.24. The van der Waals surface area contributed by atoms with Gasteiger partial charge in [-0.3, -0.25) is 0 Å². The summed E-state index contributed by atoms with van der Waals surface area (Å²) < 4.78 is 0. The fourth-order valence-corrected chi connectivity index (χ4v) is 2.38. The van der Waals surface area contributed by atoms with Gasteiger partial charge in [0.05, 0.1) is 5.60 Å². The monoisotopic (exact) mass is 229 g/mol. The second-order valence-corrected chi connectivity index (χ2v) is 5.25. The molecule has 0 rings (SSSR count). The first-order chi connectivity index (χ1) is 7.58. The Balaban J connectivity index is 3.83. The van der Waals surface area contributed by atoms with Gasteiger partial charge in [0.15, 0.2) is 0 Å². The zero-order chi connectivity index (χ0) is 12.4. The van der Waals surface area contributed by atoms with Crippen molar-refractivity contribution in [3.8, 4) is 0 Å². The highest BCUT2D eigenvalue weighted by Crippen LogP contribution is 2.18. The highest BCUT2D eigenvalue weighted by Gasteiger charge is 2.24. The molecule has 1 unspecified atom stereocenters. The van der Waals surface area contributed by atoms with E-state index in [1.165, 1.54) is 12.8 Å². The summed E-state index contributed by atoms with van der Waals surface area (Å²) in [5.74, 6) is 0.720. The number of hydrogen-bond acceptors (Lipinski definition) is 2. The first kappa shape index (κ1) is 15.9. The Morgan fingerprint density at radius 3 is 2.06 bits per heavy atom. The lowest BCUT2D eigenvalue weighted by Gasteiger charge is -2.28. The van der Waals surface area contributed by atoms with Crippen molar-refractivity contribution in [2.24, 2.45) is 5.92 Å². The van der Waals surface area contributed by atoms with Gasteiger partial charge in [-0.15, -0.1) is 0 Å². The SMILES string of the molecule is CCCC(C)CNCC(O)(CCC)CCC. The van der Waals surface area contributed by atoms with Crippen molar-refractivity contribution in [3.63, 3.8) is 0 Å². The van der Waals surface area contributed by atoms with Crippen molar-refractivity contribution in [3.05, 3.63) is 0 Å².